The van der Waals surface area contributed by atoms with Gasteiger partial charge in [-0.1, -0.05) is 27.2 Å². The Hall–Kier alpha value is -1.49. The molecule has 0 unspecified atom stereocenters. The Labute approximate surface area is 179 Å². The van der Waals surface area contributed by atoms with Gasteiger partial charge in [-0.2, -0.15) is 0 Å². The Morgan fingerprint density at radius 3 is 2.45 bits per heavy atom. The molecule has 5 heteroatoms. The summed E-state index contributed by atoms with van der Waals surface area (Å²) in [7, 11) is 0. The first-order chi connectivity index (χ1) is 13.8. The van der Waals surface area contributed by atoms with E-state index in [1.165, 1.54) is 41.3 Å². The van der Waals surface area contributed by atoms with E-state index in [9.17, 15) is 4.79 Å². The predicted molar refractivity (Wildman–Crippen MR) is 121 cm³/mol. The smallest absolute Gasteiger partial charge is 0.219 e. The van der Waals surface area contributed by atoms with Crippen LogP contribution in [0.1, 0.15) is 65.6 Å². The molecule has 0 radical (unpaired) electrons. The van der Waals surface area contributed by atoms with Crippen LogP contribution in [0.3, 0.4) is 0 Å². The van der Waals surface area contributed by atoms with Crippen LogP contribution < -0.4 is 0 Å². The number of rotatable bonds is 5. The molecule has 158 valence electrons. The van der Waals surface area contributed by atoms with Crippen molar-refractivity contribution in [3.05, 3.63) is 24.0 Å². The van der Waals surface area contributed by atoms with Crippen molar-refractivity contribution < 1.29 is 4.79 Å². The van der Waals surface area contributed by atoms with Gasteiger partial charge in [-0.15, -0.1) is 11.8 Å². The van der Waals surface area contributed by atoms with Crippen LogP contribution in [0.4, 0.5) is 0 Å². The summed E-state index contributed by atoms with van der Waals surface area (Å²) in [5.74, 6) is 4.16. The zero-order chi connectivity index (χ0) is 20.6. The number of nitrogens with zero attached hydrogens (tertiary/aromatic N) is 3. The highest BCUT2D eigenvalue weighted by Gasteiger charge is 2.27. The predicted octanol–water partition coefficient (Wildman–Crippen LogP) is 5.48. The molecule has 1 amide bonds. The van der Waals surface area contributed by atoms with Crippen molar-refractivity contribution in [2.75, 3.05) is 18.8 Å². The Bertz CT molecular complexity index is 870. The molecule has 4 rings (SSSR count). The quantitative estimate of drug-likeness (QED) is 0.609. The number of thioether (sulfide) groups is 1. The molecule has 0 N–H and O–H groups in total. The van der Waals surface area contributed by atoms with Crippen LogP contribution >= 0.6 is 11.8 Å². The zero-order valence-corrected chi connectivity index (χ0v) is 19.2. The second kappa shape index (κ2) is 8.33. The minimum Gasteiger partial charge on any atom is -0.343 e. The van der Waals surface area contributed by atoms with E-state index in [4.69, 9.17) is 4.98 Å². The summed E-state index contributed by atoms with van der Waals surface area (Å²) >= 11 is 1.99. The van der Waals surface area contributed by atoms with Gasteiger partial charge in [0.25, 0.3) is 0 Å². The van der Waals surface area contributed by atoms with Gasteiger partial charge >= 0.3 is 0 Å². The van der Waals surface area contributed by atoms with Crippen molar-refractivity contribution >= 4 is 28.7 Å². The summed E-state index contributed by atoms with van der Waals surface area (Å²) in [6, 6.07) is 6.86. The molecule has 1 aliphatic carbocycles. The molecule has 2 aliphatic rings. The SMILES string of the molecule is CC(=O)N1CCC(Cn2c(C(C)(C)C)nc3cc(SCC4CCC4)ccc32)CC1. The van der Waals surface area contributed by atoms with Crippen LogP contribution in [0.15, 0.2) is 23.1 Å². The van der Waals surface area contributed by atoms with E-state index in [1.54, 1.807) is 6.92 Å². The molecule has 0 bridgehead atoms. The molecule has 4 nitrogen and oxygen atoms in total. The van der Waals surface area contributed by atoms with E-state index in [0.29, 0.717) is 5.92 Å². The Morgan fingerprint density at radius 2 is 1.86 bits per heavy atom. The minimum absolute atomic E-state index is 0.0122. The van der Waals surface area contributed by atoms with Gasteiger partial charge in [0.15, 0.2) is 0 Å². The van der Waals surface area contributed by atoms with Crippen LogP contribution in [-0.4, -0.2) is 39.2 Å². The Balaban J connectivity index is 1.55. The number of hydrogen-bond donors (Lipinski definition) is 0. The third-order valence-corrected chi connectivity index (χ3v) is 7.83. The number of imidazole rings is 1. The third-order valence-electron chi connectivity index (χ3n) is 6.60. The van der Waals surface area contributed by atoms with E-state index < -0.39 is 0 Å². The molecule has 1 aromatic heterocycles. The molecular weight excluding hydrogens is 378 g/mol. The van der Waals surface area contributed by atoms with Crippen LogP contribution in [0.2, 0.25) is 0 Å². The fraction of sp³-hybridized carbons (Fsp3) is 0.667. The molecule has 1 aliphatic heterocycles. The van der Waals surface area contributed by atoms with E-state index in [-0.39, 0.29) is 11.3 Å². The van der Waals surface area contributed by atoms with Gasteiger partial charge in [0.1, 0.15) is 5.82 Å². The monoisotopic (exact) mass is 413 g/mol. The highest BCUT2D eigenvalue weighted by Crippen LogP contribution is 2.35. The maximum Gasteiger partial charge on any atom is 0.219 e. The summed E-state index contributed by atoms with van der Waals surface area (Å²) in [6.45, 7) is 11.2. The normalized spacial score (nSPS) is 19.0. The largest absolute Gasteiger partial charge is 0.343 e. The molecule has 29 heavy (non-hydrogen) atoms. The molecule has 1 aromatic carbocycles. The van der Waals surface area contributed by atoms with Crippen molar-refractivity contribution in [2.45, 2.75) is 76.7 Å². The van der Waals surface area contributed by atoms with Gasteiger partial charge in [0, 0.05) is 42.6 Å². The number of fused-ring (bicyclic) bond motifs is 1. The number of carbonyl (C=O) groups is 1. The van der Waals surface area contributed by atoms with E-state index in [2.05, 4.69) is 43.5 Å². The molecule has 0 spiro atoms. The fourth-order valence-electron chi connectivity index (χ4n) is 4.52. The number of aromatic nitrogens is 2. The molecule has 1 saturated carbocycles. The number of hydrogen-bond acceptors (Lipinski definition) is 3. The van der Waals surface area contributed by atoms with Crippen LogP contribution in [0, 0.1) is 11.8 Å². The summed E-state index contributed by atoms with van der Waals surface area (Å²) in [5, 5.41) is 0. The highest BCUT2D eigenvalue weighted by molar-refractivity contribution is 7.99. The number of likely N-dealkylation sites (tertiary alicyclic amines) is 1. The first-order valence-electron chi connectivity index (χ1n) is 11.2. The van der Waals surface area contributed by atoms with Gasteiger partial charge < -0.3 is 9.47 Å². The van der Waals surface area contributed by atoms with Crippen LogP contribution in [0.5, 0.6) is 0 Å². The number of benzene rings is 1. The summed E-state index contributed by atoms with van der Waals surface area (Å²) in [6.07, 6.45) is 6.38. The standard InChI is InChI=1S/C24H35N3OS/c1-17(28)26-12-10-18(11-13-26)15-27-22-9-8-20(29-16-19-6-5-7-19)14-21(22)25-23(27)24(2,3)4/h8-9,14,18-19H,5-7,10-13,15-16H2,1-4H3. The molecule has 2 aromatic rings. The number of amides is 1. The van der Waals surface area contributed by atoms with Gasteiger partial charge in [-0.25, -0.2) is 4.98 Å². The van der Waals surface area contributed by atoms with Crippen LogP contribution in [-0.2, 0) is 16.8 Å². The lowest BCUT2D eigenvalue weighted by Crippen LogP contribution is -2.38. The maximum absolute atomic E-state index is 11.6. The van der Waals surface area contributed by atoms with Gasteiger partial charge in [0.05, 0.1) is 11.0 Å². The lowest BCUT2D eigenvalue weighted by molar-refractivity contribution is -0.130. The maximum atomic E-state index is 11.6. The first kappa shape index (κ1) is 20.8. The average molecular weight is 414 g/mol. The lowest BCUT2D eigenvalue weighted by atomic mass is 9.87. The molecule has 2 fully saturated rings. The highest BCUT2D eigenvalue weighted by atomic mass is 32.2. The van der Waals surface area contributed by atoms with Crippen molar-refractivity contribution in [1.82, 2.24) is 14.5 Å². The van der Waals surface area contributed by atoms with E-state index >= 15 is 0 Å². The minimum atomic E-state index is 0.0122. The van der Waals surface area contributed by atoms with Crippen molar-refractivity contribution in [2.24, 2.45) is 11.8 Å². The first-order valence-corrected chi connectivity index (χ1v) is 12.2. The van der Waals surface area contributed by atoms with E-state index in [0.717, 1.165) is 43.9 Å². The number of carbonyl (C=O) groups excluding carboxylic acids is 1. The fourth-order valence-corrected chi connectivity index (χ4v) is 5.64. The Morgan fingerprint density at radius 1 is 1.14 bits per heavy atom. The average Bonchev–Trinajstić information content (AvgIpc) is 2.99. The number of piperidine rings is 1. The van der Waals surface area contributed by atoms with Gasteiger partial charge in [-0.3, -0.25) is 4.79 Å². The zero-order valence-electron chi connectivity index (χ0n) is 18.4. The molecule has 2 heterocycles. The molecule has 1 saturated heterocycles. The summed E-state index contributed by atoms with van der Waals surface area (Å²) < 4.78 is 2.46. The van der Waals surface area contributed by atoms with Crippen LogP contribution in [0.25, 0.3) is 11.0 Å². The van der Waals surface area contributed by atoms with E-state index in [1.807, 2.05) is 16.7 Å². The topological polar surface area (TPSA) is 38.1 Å². The second-order valence-corrected chi connectivity index (χ2v) is 11.1. The van der Waals surface area contributed by atoms with Crippen molar-refractivity contribution in [1.29, 1.82) is 0 Å². The second-order valence-electron chi connectivity index (χ2n) is 10.0. The van der Waals surface area contributed by atoms with Crippen molar-refractivity contribution in [3.63, 3.8) is 0 Å². The Kier molecular flexibility index (Phi) is 5.97. The molecule has 0 atom stereocenters. The lowest BCUT2D eigenvalue weighted by Gasteiger charge is -2.32. The summed E-state index contributed by atoms with van der Waals surface area (Å²) in [4.78, 5) is 20.1. The third kappa shape index (κ3) is 4.65. The van der Waals surface area contributed by atoms with Gasteiger partial charge in [0.2, 0.25) is 5.91 Å². The van der Waals surface area contributed by atoms with Gasteiger partial charge in [-0.05, 0) is 55.7 Å². The molecular formula is C24H35N3OS. The summed E-state index contributed by atoms with van der Waals surface area (Å²) in [5.41, 5.74) is 2.41. The van der Waals surface area contributed by atoms with Crippen molar-refractivity contribution in [3.8, 4) is 0 Å².